The number of nitrogens with zero attached hydrogens (tertiary/aromatic N) is 2. The number of likely N-dealkylation sites (N-methyl/N-ethyl adjacent to an activating group) is 1. The molecular weight excluding hydrogens is 302 g/mol. The van der Waals surface area contributed by atoms with Gasteiger partial charge in [0.15, 0.2) is 0 Å². The summed E-state index contributed by atoms with van der Waals surface area (Å²) in [6, 6.07) is 7.02. The van der Waals surface area contributed by atoms with Crippen molar-refractivity contribution in [2.75, 3.05) is 33.2 Å². The summed E-state index contributed by atoms with van der Waals surface area (Å²) in [5, 5.41) is 2.97. The lowest BCUT2D eigenvalue weighted by molar-refractivity contribution is -0.135. The maximum atomic E-state index is 12.9. The summed E-state index contributed by atoms with van der Waals surface area (Å²) in [7, 11) is 2.06. The maximum absolute atomic E-state index is 12.9. The fourth-order valence-corrected chi connectivity index (χ4v) is 3.00. The fourth-order valence-electron chi connectivity index (χ4n) is 3.00. The molecule has 132 valence electrons. The normalized spacial score (nSPS) is 17.0. The van der Waals surface area contributed by atoms with E-state index in [1.807, 2.05) is 30.0 Å². The highest BCUT2D eigenvalue weighted by Gasteiger charge is 2.29. The second-order valence-electron chi connectivity index (χ2n) is 7.10. The third kappa shape index (κ3) is 4.81. The zero-order valence-electron chi connectivity index (χ0n) is 15.2. The van der Waals surface area contributed by atoms with Gasteiger partial charge in [0.05, 0.1) is 0 Å². The number of piperazine rings is 1. The summed E-state index contributed by atoms with van der Waals surface area (Å²) < 4.78 is 0. The fraction of sp³-hybridized carbons (Fsp3) is 0.579. The lowest BCUT2D eigenvalue weighted by Gasteiger charge is -2.35. The Labute approximate surface area is 145 Å². The molecule has 0 bridgehead atoms. The van der Waals surface area contributed by atoms with Crippen LogP contribution in [0.5, 0.6) is 0 Å². The molecular formula is C19H29N3O2. The van der Waals surface area contributed by atoms with Crippen LogP contribution in [0, 0.1) is 12.8 Å². The zero-order valence-corrected chi connectivity index (χ0v) is 15.2. The highest BCUT2D eigenvalue weighted by Crippen LogP contribution is 2.13. The molecule has 2 rings (SSSR count). The van der Waals surface area contributed by atoms with Gasteiger partial charge in [-0.05, 0) is 37.9 Å². The van der Waals surface area contributed by atoms with Crippen molar-refractivity contribution in [1.29, 1.82) is 0 Å². The Morgan fingerprint density at radius 1 is 1.12 bits per heavy atom. The molecule has 1 aromatic carbocycles. The van der Waals surface area contributed by atoms with Gasteiger partial charge in [-0.25, -0.2) is 0 Å². The van der Waals surface area contributed by atoms with Crippen LogP contribution in [-0.2, 0) is 4.79 Å². The van der Waals surface area contributed by atoms with Crippen molar-refractivity contribution in [2.24, 2.45) is 5.92 Å². The molecule has 1 atom stereocenters. The predicted octanol–water partition coefficient (Wildman–Crippen LogP) is 1.91. The van der Waals surface area contributed by atoms with Crippen LogP contribution >= 0.6 is 0 Å². The van der Waals surface area contributed by atoms with Crippen molar-refractivity contribution in [3.63, 3.8) is 0 Å². The number of carbonyl (C=O) groups excluding carboxylic acids is 2. The molecule has 1 aliphatic heterocycles. The van der Waals surface area contributed by atoms with Gasteiger partial charge in [-0.3, -0.25) is 9.59 Å². The number of hydrogen-bond acceptors (Lipinski definition) is 3. The number of aryl methyl sites for hydroxylation is 1. The second kappa shape index (κ2) is 8.29. The molecule has 24 heavy (non-hydrogen) atoms. The Kier molecular flexibility index (Phi) is 6.37. The molecule has 1 aliphatic rings. The van der Waals surface area contributed by atoms with Crippen molar-refractivity contribution in [3.8, 4) is 0 Å². The van der Waals surface area contributed by atoms with Gasteiger partial charge in [-0.1, -0.05) is 32.0 Å². The molecule has 1 aromatic rings. The monoisotopic (exact) mass is 331 g/mol. The van der Waals surface area contributed by atoms with Crippen LogP contribution in [0.15, 0.2) is 24.3 Å². The van der Waals surface area contributed by atoms with Crippen molar-refractivity contribution in [2.45, 2.75) is 33.2 Å². The number of carbonyl (C=O) groups is 2. The van der Waals surface area contributed by atoms with Gasteiger partial charge in [0.25, 0.3) is 5.91 Å². The number of nitrogens with one attached hydrogen (secondary N) is 1. The Morgan fingerprint density at radius 3 is 2.33 bits per heavy atom. The van der Waals surface area contributed by atoms with Crippen LogP contribution in [0.1, 0.15) is 36.2 Å². The number of rotatable bonds is 5. The average molecular weight is 331 g/mol. The molecule has 0 aromatic heterocycles. The lowest BCUT2D eigenvalue weighted by Crippen LogP contribution is -2.54. The highest BCUT2D eigenvalue weighted by atomic mass is 16.2. The van der Waals surface area contributed by atoms with Crippen LogP contribution in [0.25, 0.3) is 0 Å². The van der Waals surface area contributed by atoms with E-state index in [0.29, 0.717) is 17.9 Å². The van der Waals surface area contributed by atoms with Crippen LogP contribution in [0.2, 0.25) is 0 Å². The Hall–Kier alpha value is -1.88. The summed E-state index contributed by atoms with van der Waals surface area (Å²) in [6.45, 7) is 9.27. The zero-order chi connectivity index (χ0) is 17.7. The lowest BCUT2D eigenvalue weighted by atomic mass is 10.0. The summed E-state index contributed by atoms with van der Waals surface area (Å²) in [4.78, 5) is 29.6. The Bertz CT molecular complexity index is 578. The first kappa shape index (κ1) is 18.5. The molecule has 0 radical (unpaired) electrons. The molecule has 1 fully saturated rings. The van der Waals surface area contributed by atoms with E-state index in [1.165, 1.54) is 0 Å². The molecule has 1 heterocycles. The van der Waals surface area contributed by atoms with E-state index in [0.717, 1.165) is 31.7 Å². The van der Waals surface area contributed by atoms with Crippen molar-refractivity contribution < 1.29 is 9.59 Å². The minimum atomic E-state index is -0.458. The van der Waals surface area contributed by atoms with Gasteiger partial charge in [0, 0.05) is 31.7 Å². The largest absolute Gasteiger partial charge is 0.340 e. The van der Waals surface area contributed by atoms with Crippen LogP contribution in [0.3, 0.4) is 0 Å². The SMILES string of the molecule is Cc1ccccc1C(=O)N[C@H](CC(C)C)C(=O)N1CCN(C)CC1. The highest BCUT2D eigenvalue weighted by molar-refractivity contribution is 5.98. The third-order valence-electron chi connectivity index (χ3n) is 4.52. The van der Waals surface area contributed by atoms with E-state index in [4.69, 9.17) is 0 Å². The van der Waals surface area contributed by atoms with Crippen LogP contribution in [-0.4, -0.2) is 60.9 Å². The van der Waals surface area contributed by atoms with Crippen molar-refractivity contribution in [1.82, 2.24) is 15.1 Å². The predicted molar refractivity (Wildman–Crippen MR) is 96.0 cm³/mol. The van der Waals surface area contributed by atoms with Gasteiger partial charge in [0.1, 0.15) is 6.04 Å². The molecule has 0 spiro atoms. The first-order valence-corrected chi connectivity index (χ1v) is 8.72. The van der Waals surface area contributed by atoms with E-state index in [-0.39, 0.29) is 11.8 Å². The van der Waals surface area contributed by atoms with E-state index in [9.17, 15) is 9.59 Å². The smallest absolute Gasteiger partial charge is 0.252 e. The molecule has 0 saturated carbocycles. The van der Waals surface area contributed by atoms with Crippen molar-refractivity contribution >= 4 is 11.8 Å². The number of amides is 2. The van der Waals surface area contributed by atoms with Crippen LogP contribution in [0.4, 0.5) is 0 Å². The summed E-state index contributed by atoms with van der Waals surface area (Å²) in [6.07, 6.45) is 0.656. The Morgan fingerprint density at radius 2 is 1.75 bits per heavy atom. The minimum absolute atomic E-state index is 0.0405. The quantitative estimate of drug-likeness (QED) is 0.897. The van der Waals surface area contributed by atoms with Crippen molar-refractivity contribution in [3.05, 3.63) is 35.4 Å². The van der Waals surface area contributed by atoms with E-state index < -0.39 is 6.04 Å². The van der Waals surface area contributed by atoms with E-state index in [1.54, 1.807) is 6.07 Å². The summed E-state index contributed by atoms with van der Waals surface area (Å²) in [5.41, 5.74) is 1.56. The minimum Gasteiger partial charge on any atom is -0.340 e. The summed E-state index contributed by atoms with van der Waals surface area (Å²) in [5.74, 6) is 0.212. The van der Waals surface area contributed by atoms with Gasteiger partial charge >= 0.3 is 0 Å². The molecule has 1 N–H and O–H groups in total. The van der Waals surface area contributed by atoms with Gasteiger partial charge in [0.2, 0.25) is 5.91 Å². The second-order valence-corrected chi connectivity index (χ2v) is 7.10. The molecule has 5 heteroatoms. The van der Waals surface area contributed by atoms with Gasteiger partial charge < -0.3 is 15.1 Å². The standard InChI is InChI=1S/C19H29N3O2/c1-14(2)13-17(19(24)22-11-9-21(4)10-12-22)20-18(23)16-8-6-5-7-15(16)3/h5-8,14,17H,9-13H2,1-4H3,(H,20,23)/t17-/m1/s1. The number of benzene rings is 1. The molecule has 1 saturated heterocycles. The first-order chi connectivity index (χ1) is 11.4. The van der Waals surface area contributed by atoms with Gasteiger partial charge in [-0.2, -0.15) is 0 Å². The maximum Gasteiger partial charge on any atom is 0.252 e. The van der Waals surface area contributed by atoms with E-state index >= 15 is 0 Å². The topological polar surface area (TPSA) is 52.7 Å². The summed E-state index contributed by atoms with van der Waals surface area (Å²) >= 11 is 0. The first-order valence-electron chi connectivity index (χ1n) is 8.72. The molecule has 0 aliphatic carbocycles. The average Bonchev–Trinajstić information content (AvgIpc) is 2.54. The molecule has 5 nitrogen and oxygen atoms in total. The van der Waals surface area contributed by atoms with E-state index in [2.05, 4.69) is 31.1 Å². The van der Waals surface area contributed by atoms with Gasteiger partial charge in [-0.15, -0.1) is 0 Å². The van der Waals surface area contributed by atoms with Crippen LogP contribution < -0.4 is 5.32 Å². The molecule has 0 unspecified atom stereocenters. The Balaban J connectivity index is 2.09. The number of hydrogen-bond donors (Lipinski definition) is 1. The molecule has 2 amide bonds. The third-order valence-corrected chi connectivity index (χ3v) is 4.52.